The van der Waals surface area contributed by atoms with Crippen LogP contribution in [0.1, 0.15) is 59.1 Å². The average molecular weight is 590 g/mol. The minimum atomic E-state index is -4.80. The summed E-state index contributed by atoms with van der Waals surface area (Å²) in [7, 11) is 0. The monoisotopic (exact) mass is 590 g/mol. The summed E-state index contributed by atoms with van der Waals surface area (Å²) >= 11 is 0. The van der Waals surface area contributed by atoms with Crippen LogP contribution in [0.25, 0.3) is 0 Å². The molecule has 4 aromatic rings. The molecule has 0 aliphatic carbocycles. The second-order valence-corrected chi connectivity index (χ2v) is 9.40. The molecule has 0 saturated heterocycles. The number of aromatic nitrogens is 6. The number of alkyl halides is 6. The van der Waals surface area contributed by atoms with Gasteiger partial charge in [-0.05, 0) is 11.1 Å². The second kappa shape index (κ2) is 10.6. The number of hydrogen-bond acceptors (Lipinski definition) is 8. The summed E-state index contributed by atoms with van der Waals surface area (Å²) in [5, 5.41) is 22.0. The second-order valence-electron chi connectivity index (χ2n) is 9.40. The molecule has 0 spiro atoms. The van der Waals surface area contributed by atoms with E-state index in [9.17, 15) is 26.3 Å². The molecule has 2 aliphatic heterocycles. The summed E-state index contributed by atoms with van der Waals surface area (Å²) in [5.74, 6) is -3.78. The van der Waals surface area contributed by atoms with Gasteiger partial charge < -0.3 is 9.47 Å². The van der Waals surface area contributed by atoms with Crippen LogP contribution in [0, 0.1) is 0 Å². The highest BCUT2D eigenvalue weighted by molar-refractivity contribution is 5.79. The molecular weight excluding hydrogens is 570 g/mol. The van der Waals surface area contributed by atoms with Crippen molar-refractivity contribution >= 4 is 11.8 Å². The zero-order valence-corrected chi connectivity index (χ0v) is 21.4. The van der Waals surface area contributed by atoms with Crippen molar-refractivity contribution < 1.29 is 35.8 Å². The van der Waals surface area contributed by atoms with E-state index >= 15 is 0 Å². The highest BCUT2D eigenvalue weighted by atomic mass is 19.4. The predicted molar refractivity (Wildman–Crippen MR) is 133 cm³/mol. The van der Waals surface area contributed by atoms with Crippen LogP contribution in [0.2, 0.25) is 0 Å². The van der Waals surface area contributed by atoms with Crippen molar-refractivity contribution in [3.8, 4) is 0 Å². The molecule has 2 atom stereocenters. The molecule has 2 aromatic heterocycles. The standard InChI is InChI=1S/C26H20F6N8O2/c27-25(28,29)23-35-33-21-17(15-7-3-1-4-8-15)13-19(37-39(21)23)41-11-12-42-20-14-18(16-9-5-2-6-10-16)22-34-36-24(26(30,31)32)40(22)38-20/h1-10,17-18H,11-14H2. The molecule has 0 radical (unpaired) electrons. The number of halogens is 6. The highest BCUT2D eigenvalue weighted by Gasteiger charge is 2.43. The van der Waals surface area contributed by atoms with Crippen LogP contribution in [0.15, 0.2) is 70.9 Å². The molecule has 42 heavy (non-hydrogen) atoms. The minimum absolute atomic E-state index is 0.0153. The van der Waals surface area contributed by atoms with Crippen molar-refractivity contribution in [1.29, 1.82) is 0 Å². The van der Waals surface area contributed by atoms with Gasteiger partial charge in [0, 0.05) is 12.8 Å². The van der Waals surface area contributed by atoms with Crippen molar-refractivity contribution in [3.05, 3.63) is 95.1 Å². The maximum atomic E-state index is 13.6. The Bertz CT molecular complexity index is 1510. The summed E-state index contributed by atoms with van der Waals surface area (Å²) in [4.78, 5) is 0. The quantitative estimate of drug-likeness (QED) is 0.239. The molecule has 16 heteroatoms. The van der Waals surface area contributed by atoms with E-state index in [0.717, 1.165) is 0 Å². The smallest absolute Gasteiger partial charge is 0.453 e. The highest BCUT2D eigenvalue weighted by Crippen LogP contribution is 2.37. The van der Waals surface area contributed by atoms with Crippen LogP contribution in [0.3, 0.4) is 0 Å². The van der Waals surface area contributed by atoms with Crippen molar-refractivity contribution in [2.24, 2.45) is 10.2 Å². The van der Waals surface area contributed by atoms with Crippen LogP contribution >= 0.6 is 0 Å². The molecule has 10 nitrogen and oxygen atoms in total. The predicted octanol–water partition coefficient (Wildman–Crippen LogP) is 5.04. The maximum absolute atomic E-state index is 13.6. The molecular formula is C26H20F6N8O2. The Labute approximate surface area is 233 Å². The fourth-order valence-corrected chi connectivity index (χ4v) is 4.80. The van der Waals surface area contributed by atoms with E-state index in [1.54, 1.807) is 60.7 Å². The van der Waals surface area contributed by atoms with Crippen LogP contribution in [0.4, 0.5) is 26.3 Å². The average Bonchev–Trinajstić information content (AvgIpc) is 3.60. The molecule has 0 bridgehead atoms. The molecule has 6 rings (SSSR count). The molecule has 2 aromatic carbocycles. The molecule has 218 valence electrons. The third-order valence-electron chi connectivity index (χ3n) is 6.67. The Morgan fingerprint density at radius 2 is 0.976 bits per heavy atom. The van der Waals surface area contributed by atoms with Crippen LogP contribution in [0.5, 0.6) is 0 Å². The Balaban J connectivity index is 1.20. The van der Waals surface area contributed by atoms with Crippen LogP contribution in [-0.4, -0.2) is 54.8 Å². The van der Waals surface area contributed by atoms with Gasteiger partial charge in [-0.25, -0.2) is 0 Å². The van der Waals surface area contributed by atoms with E-state index in [2.05, 4.69) is 30.6 Å². The Kier molecular flexibility index (Phi) is 6.90. The van der Waals surface area contributed by atoms with Crippen molar-refractivity contribution in [2.75, 3.05) is 13.2 Å². The molecule has 0 amide bonds. The van der Waals surface area contributed by atoms with Gasteiger partial charge in [0.1, 0.15) is 13.2 Å². The first-order valence-electron chi connectivity index (χ1n) is 12.7. The van der Waals surface area contributed by atoms with Crippen molar-refractivity contribution in [2.45, 2.75) is 37.0 Å². The zero-order chi connectivity index (χ0) is 29.5. The van der Waals surface area contributed by atoms with Crippen molar-refractivity contribution in [1.82, 2.24) is 29.7 Å². The molecule has 2 aliphatic rings. The normalized spacial score (nSPS) is 18.5. The van der Waals surface area contributed by atoms with E-state index in [4.69, 9.17) is 9.47 Å². The summed E-state index contributed by atoms with van der Waals surface area (Å²) in [5.41, 5.74) is 1.39. The Morgan fingerprint density at radius 1 is 0.595 bits per heavy atom. The maximum Gasteiger partial charge on any atom is 0.453 e. The minimum Gasteiger partial charge on any atom is -0.476 e. The summed E-state index contributed by atoms with van der Waals surface area (Å²) in [6.45, 7) is -0.343. The van der Waals surface area contributed by atoms with Gasteiger partial charge in [-0.2, -0.15) is 35.7 Å². The lowest BCUT2D eigenvalue weighted by Crippen LogP contribution is -2.27. The van der Waals surface area contributed by atoms with Crippen molar-refractivity contribution in [3.63, 3.8) is 0 Å². The van der Waals surface area contributed by atoms with E-state index in [0.29, 0.717) is 20.5 Å². The Morgan fingerprint density at radius 3 is 1.33 bits per heavy atom. The summed E-state index contributed by atoms with van der Waals surface area (Å²) in [6.07, 6.45) is -9.38. The van der Waals surface area contributed by atoms with Crippen LogP contribution in [-0.2, 0) is 21.8 Å². The number of hydrogen-bond donors (Lipinski definition) is 0. The Hall–Kier alpha value is -4.76. The van der Waals surface area contributed by atoms with Crippen LogP contribution < -0.4 is 0 Å². The third kappa shape index (κ3) is 5.31. The number of fused-ring (bicyclic) bond motifs is 2. The first-order valence-corrected chi connectivity index (χ1v) is 12.7. The van der Waals surface area contributed by atoms with Gasteiger partial charge >= 0.3 is 12.4 Å². The molecule has 4 heterocycles. The van der Waals surface area contributed by atoms with Gasteiger partial charge in [0.05, 0.1) is 11.8 Å². The van der Waals surface area contributed by atoms with E-state index in [1.165, 1.54) is 0 Å². The fraction of sp³-hybridized carbons (Fsp3) is 0.308. The number of nitrogens with zero attached hydrogens (tertiary/aromatic N) is 8. The SMILES string of the molecule is FC(F)(F)c1nnc2n1N=C(OCCOC1=Nn3c(nnc3C(F)(F)F)C(c3ccccc3)C1)CC2c1ccccc1. The van der Waals surface area contributed by atoms with E-state index in [-0.39, 0.29) is 49.5 Å². The summed E-state index contributed by atoms with van der Waals surface area (Å²) in [6, 6.07) is 17.6. The first-order chi connectivity index (χ1) is 20.1. The lowest BCUT2D eigenvalue weighted by Gasteiger charge is -2.24. The largest absolute Gasteiger partial charge is 0.476 e. The number of benzene rings is 2. The molecule has 0 N–H and O–H groups in total. The summed E-state index contributed by atoms with van der Waals surface area (Å²) < 4.78 is 94.0. The van der Waals surface area contributed by atoms with Gasteiger partial charge in [0.25, 0.3) is 11.6 Å². The number of rotatable bonds is 5. The van der Waals surface area contributed by atoms with E-state index < -0.39 is 35.8 Å². The first kappa shape index (κ1) is 27.4. The zero-order valence-electron chi connectivity index (χ0n) is 21.4. The topological polar surface area (TPSA) is 105 Å². The van der Waals surface area contributed by atoms with Gasteiger partial charge in [-0.3, -0.25) is 0 Å². The number of ether oxygens (including phenoxy) is 2. The molecule has 0 saturated carbocycles. The van der Waals surface area contributed by atoms with Gasteiger partial charge in [-0.1, -0.05) is 60.7 Å². The lowest BCUT2D eigenvalue weighted by atomic mass is 9.94. The van der Waals surface area contributed by atoms with Gasteiger partial charge in [0.2, 0.25) is 11.8 Å². The third-order valence-corrected chi connectivity index (χ3v) is 6.67. The molecule has 2 unspecified atom stereocenters. The lowest BCUT2D eigenvalue weighted by molar-refractivity contribution is -0.148. The fourth-order valence-electron chi connectivity index (χ4n) is 4.80. The van der Waals surface area contributed by atoms with E-state index in [1.807, 2.05) is 0 Å². The molecule has 0 fully saturated rings. The van der Waals surface area contributed by atoms with Gasteiger partial charge in [-0.15, -0.1) is 30.6 Å². The van der Waals surface area contributed by atoms with Gasteiger partial charge in [0.15, 0.2) is 11.6 Å².